The number of pyridine rings is 1. The maximum absolute atomic E-state index is 15.5. The van der Waals surface area contributed by atoms with E-state index in [1.165, 1.54) is 6.07 Å². The molecule has 0 amide bonds. The highest BCUT2D eigenvalue weighted by molar-refractivity contribution is 9.10. The third kappa shape index (κ3) is 5.12. The van der Waals surface area contributed by atoms with Gasteiger partial charge in [0.05, 0.1) is 14.2 Å². The van der Waals surface area contributed by atoms with Crippen molar-refractivity contribution in [2.45, 2.75) is 23.9 Å². The Kier molecular flexibility index (Phi) is 7.70. The van der Waals surface area contributed by atoms with Crippen LogP contribution in [0.1, 0.15) is 29.3 Å². The molecule has 212 valence electrons. The lowest BCUT2D eigenvalue weighted by atomic mass is 9.77. The predicted molar refractivity (Wildman–Crippen MR) is 153 cm³/mol. The number of amidine groups is 1. The number of hydrogen-bond donors (Lipinski definition) is 1. The molecule has 10 heteroatoms. The summed E-state index contributed by atoms with van der Waals surface area (Å²) in [5.74, 6) is -3.19. The highest BCUT2D eigenvalue weighted by Crippen LogP contribution is 2.45. The maximum atomic E-state index is 15.5. The summed E-state index contributed by atoms with van der Waals surface area (Å²) in [7, 11) is 3.14. The SMILES string of the molecule is COc1ccc(C(NC2=NC(C)(c3nc(Br)ccc3F)C(F)(F)CO2)(c2ccccc2)c2ccc(OC)cc2)cc1. The summed E-state index contributed by atoms with van der Waals surface area (Å²) in [4.78, 5) is 8.38. The molecule has 0 saturated heterocycles. The molecule has 6 nitrogen and oxygen atoms in total. The van der Waals surface area contributed by atoms with E-state index in [4.69, 9.17) is 14.2 Å². The molecule has 0 radical (unpaired) electrons. The van der Waals surface area contributed by atoms with Crippen molar-refractivity contribution >= 4 is 22.0 Å². The summed E-state index contributed by atoms with van der Waals surface area (Å²) >= 11 is 3.17. The maximum Gasteiger partial charge on any atom is 0.311 e. The molecule has 1 aliphatic rings. The second-order valence-corrected chi connectivity index (χ2v) is 10.5. The zero-order valence-corrected chi connectivity index (χ0v) is 24.1. The van der Waals surface area contributed by atoms with Crippen molar-refractivity contribution in [3.8, 4) is 11.5 Å². The molecular weight excluding hydrogens is 599 g/mol. The molecule has 4 aromatic rings. The first-order chi connectivity index (χ1) is 19.6. The Hall–Kier alpha value is -4.05. The molecule has 1 aliphatic heterocycles. The van der Waals surface area contributed by atoms with Gasteiger partial charge in [-0.05, 0) is 75.9 Å². The molecule has 0 aliphatic carbocycles. The zero-order valence-electron chi connectivity index (χ0n) is 22.5. The average Bonchev–Trinajstić information content (AvgIpc) is 2.99. The van der Waals surface area contributed by atoms with Crippen molar-refractivity contribution in [1.29, 1.82) is 0 Å². The van der Waals surface area contributed by atoms with E-state index in [0.717, 1.165) is 29.7 Å². The van der Waals surface area contributed by atoms with Crippen molar-refractivity contribution in [1.82, 2.24) is 10.3 Å². The molecule has 2 heterocycles. The van der Waals surface area contributed by atoms with Crippen LogP contribution in [0.5, 0.6) is 11.5 Å². The number of rotatable bonds is 7. The van der Waals surface area contributed by atoms with E-state index in [1.807, 2.05) is 54.6 Å². The number of hydrogen-bond acceptors (Lipinski definition) is 6. The lowest BCUT2D eigenvalue weighted by Gasteiger charge is -2.42. The number of halogens is 4. The van der Waals surface area contributed by atoms with Crippen LogP contribution in [0.25, 0.3) is 0 Å². The minimum absolute atomic E-state index is 0.199. The van der Waals surface area contributed by atoms with Gasteiger partial charge in [-0.15, -0.1) is 0 Å². The summed E-state index contributed by atoms with van der Waals surface area (Å²) in [6.07, 6.45) is 0. The Labute approximate surface area is 244 Å². The summed E-state index contributed by atoms with van der Waals surface area (Å²) < 4.78 is 62.5. The number of nitrogens with one attached hydrogen (secondary N) is 1. The fourth-order valence-corrected chi connectivity index (χ4v) is 5.22. The first-order valence-corrected chi connectivity index (χ1v) is 13.5. The second-order valence-electron chi connectivity index (χ2n) is 9.64. The number of aliphatic imine (C=N–C) groups is 1. The van der Waals surface area contributed by atoms with Gasteiger partial charge in [-0.3, -0.25) is 0 Å². The summed E-state index contributed by atoms with van der Waals surface area (Å²) in [6.45, 7) is 0.110. The number of benzene rings is 3. The highest BCUT2D eigenvalue weighted by atomic mass is 79.9. The van der Waals surface area contributed by atoms with E-state index in [0.29, 0.717) is 11.5 Å². The smallest absolute Gasteiger partial charge is 0.311 e. The van der Waals surface area contributed by atoms with Crippen LogP contribution in [0.4, 0.5) is 13.2 Å². The molecule has 0 spiro atoms. The van der Waals surface area contributed by atoms with Crippen molar-refractivity contribution in [3.05, 3.63) is 124 Å². The van der Waals surface area contributed by atoms with Crippen LogP contribution >= 0.6 is 15.9 Å². The number of aromatic nitrogens is 1. The van der Waals surface area contributed by atoms with E-state index in [9.17, 15) is 4.39 Å². The van der Waals surface area contributed by atoms with Crippen LogP contribution in [-0.4, -0.2) is 37.8 Å². The standard InChI is InChI=1S/C31H27BrF3N3O3/c1-29(27-25(33)17-18-26(32)36-27)30(34,35)19-41-28(37-29)38-31(20-7-5-4-6-8-20,21-9-13-23(39-2)14-10-21)22-11-15-24(40-3)16-12-22/h4-18H,19H2,1-3H3,(H,37,38). The van der Waals surface area contributed by atoms with E-state index >= 15 is 8.78 Å². The molecule has 5 rings (SSSR count). The van der Waals surface area contributed by atoms with Gasteiger partial charge >= 0.3 is 5.92 Å². The molecule has 1 atom stereocenters. The van der Waals surface area contributed by atoms with Gasteiger partial charge in [0.25, 0.3) is 6.02 Å². The van der Waals surface area contributed by atoms with Gasteiger partial charge in [0.1, 0.15) is 33.2 Å². The van der Waals surface area contributed by atoms with E-state index in [1.54, 1.807) is 38.5 Å². The lowest BCUT2D eigenvalue weighted by molar-refractivity contribution is -0.120. The van der Waals surface area contributed by atoms with Gasteiger partial charge in [-0.2, -0.15) is 8.78 Å². The quantitative estimate of drug-likeness (QED) is 0.180. The Balaban J connectivity index is 1.75. The second kappa shape index (κ2) is 11.1. The van der Waals surface area contributed by atoms with Gasteiger partial charge in [0.2, 0.25) is 0 Å². The van der Waals surface area contributed by atoms with Crippen LogP contribution in [0.3, 0.4) is 0 Å². The van der Waals surface area contributed by atoms with Gasteiger partial charge in [-0.25, -0.2) is 14.4 Å². The monoisotopic (exact) mass is 625 g/mol. The first kappa shape index (κ1) is 28.5. The van der Waals surface area contributed by atoms with Crippen LogP contribution in [0, 0.1) is 5.82 Å². The summed E-state index contributed by atoms with van der Waals surface area (Å²) in [6, 6.07) is 26.4. The summed E-state index contributed by atoms with van der Waals surface area (Å²) in [5.41, 5.74) is -1.80. The van der Waals surface area contributed by atoms with Crippen LogP contribution < -0.4 is 14.8 Å². The molecule has 1 unspecified atom stereocenters. The Morgan fingerprint density at radius 1 is 0.829 bits per heavy atom. The molecule has 0 bridgehead atoms. The van der Waals surface area contributed by atoms with Crippen LogP contribution in [0.2, 0.25) is 0 Å². The third-order valence-corrected chi connectivity index (χ3v) is 7.69. The topological polar surface area (TPSA) is 65.0 Å². The molecule has 0 fully saturated rings. The lowest BCUT2D eigenvalue weighted by Crippen LogP contribution is -2.56. The number of ether oxygens (including phenoxy) is 3. The fourth-order valence-electron chi connectivity index (χ4n) is 4.91. The molecule has 1 aromatic heterocycles. The largest absolute Gasteiger partial charge is 0.497 e. The molecule has 1 N–H and O–H groups in total. The fraction of sp³-hybridized carbons (Fsp3) is 0.226. The van der Waals surface area contributed by atoms with Gasteiger partial charge < -0.3 is 19.5 Å². The third-order valence-electron chi connectivity index (χ3n) is 7.25. The van der Waals surface area contributed by atoms with Crippen molar-refractivity contribution in [2.24, 2.45) is 4.99 Å². The average molecular weight is 626 g/mol. The highest BCUT2D eigenvalue weighted by Gasteiger charge is 2.58. The van der Waals surface area contributed by atoms with E-state index in [-0.39, 0.29) is 10.6 Å². The van der Waals surface area contributed by atoms with Crippen LogP contribution in [0.15, 0.2) is 101 Å². The van der Waals surface area contributed by atoms with Gasteiger partial charge in [0, 0.05) is 0 Å². The van der Waals surface area contributed by atoms with Crippen LogP contribution in [-0.2, 0) is 15.8 Å². The number of alkyl halides is 2. The molecule has 0 saturated carbocycles. The van der Waals surface area contributed by atoms with E-state index < -0.39 is 35.1 Å². The summed E-state index contributed by atoms with van der Waals surface area (Å²) in [5, 5.41) is 3.34. The molecular formula is C31H27BrF3N3O3. The normalized spacial score (nSPS) is 18.2. The Bertz CT molecular complexity index is 1500. The molecule has 3 aromatic carbocycles. The minimum Gasteiger partial charge on any atom is -0.497 e. The minimum atomic E-state index is -3.57. The number of methoxy groups -OCH3 is 2. The van der Waals surface area contributed by atoms with Crippen molar-refractivity contribution in [2.75, 3.05) is 20.8 Å². The first-order valence-electron chi connectivity index (χ1n) is 12.7. The predicted octanol–water partition coefficient (Wildman–Crippen LogP) is 6.82. The van der Waals surface area contributed by atoms with Crippen molar-refractivity contribution < 1.29 is 27.4 Å². The van der Waals surface area contributed by atoms with E-state index in [2.05, 4.69) is 31.2 Å². The Morgan fingerprint density at radius 2 is 1.37 bits per heavy atom. The number of nitrogens with zero attached hydrogens (tertiary/aromatic N) is 2. The zero-order chi connectivity index (χ0) is 29.3. The molecule has 41 heavy (non-hydrogen) atoms. The van der Waals surface area contributed by atoms with Gasteiger partial charge in [-0.1, -0.05) is 54.6 Å². The Morgan fingerprint density at radius 3 is 1.90 bits per heavy atom. The van der Waals surface area contributed by atoms with Crippen molar-refractivity contribution in [3.63, 3.8) is 0 Å². The van der Waals surface area contributed by atoms with Gasteiger partial charge in [0.15, 0.2) is 12.1 Å².